The second-order valence-electron chi connectivity index (χ2n) is 11.9. The molecule has 0 atom stereocenters. The fourth-order valence-electron chi connectivity index (χ4n) is 7.06. The Labute approximate surface area is 263 Å². The zero-order valence-electron chi connectivity index (χ0n) is 25.5. The molecule has 1 nitrogen and oxygen atoms in total. The second kappa shape index (κ2) is 10.8. The van der Waals surface area contributed by atoms with Gasteiger partial charge in [-0.05, 0) is 108 Å². The highest BCUT2D eigenvalue weighted by Gasteiger charge is 2.18. The fraction of sp³-hybridized carbons (Fsp3) is 0.0455. The number of hydrogen-bond acceptors (Lipinski definition) is 1. The molecule has 0 unspecified atom stereocenters. The summed E-state index contributed by atoms with van der Waals surface area (Å²) in [7, 11) is 0. The molecule has 0 heterocycles. The van der Waals surface area contributed by atoms with Crippen molar-refractivity contribution in [2.75, 3.05) is 0 Å². The first-order valence-corrected chi connectivity index (χ1v) is 15.6. The summed E-state index contributed by atoms with van der Waals surface area (Å²) >= 11 is 0. The van der Waals surface area contributed by atoms with E-state index in [1.54, 1.807) is 0 Å². The molecule has 0 aliphatic carbocycles. The van der Waals surface area contributed by atoms with Gasteiger partial charge in [-0.25, -0.2) is 0 Å². The molecule has 2 N–H and O–H groups in total. The van der Waals surface area contributed by atoms with Crippen LogP contribution in [0.3, 0.4) is 0 Å². The molecule has 0 fully saturated rings. The molecule has 0 amide bonds. The summed E-state index contributed by atoms with van der Waals surface area (Å²) in [5.74, 6) is 0. The summed E-state index contributed by atoms with van der Waals surface area (Å²) in [5, 5.41) is 10.1. The third kappa shape index (κ3) is 4.48. The molecule has 1 heteroatoms. The third-order valence-corrected chi connectivity index (χ3v) is 9.23. The van der Waals surface area contributed by atoms with Crippen LogP contribution in [0, 0.1) is 6.92 Å². The Morgan fingerprint density at radius 2 is 1.02 bits per heavy atom. The van der Waals surface area contributed by atoms with Gasteiger partial charge in [0.05, 0.1) is 0 Å². The van der Waals surface area contributed by atoms with Crippen molar-refractivity contribution in [3.05, 3.63) is 163 Å². The molecule has 0 saturated carbocycles. The van der Waals surface area contributed by atoms with Crippen LogP contribution in [0.25, 0.3) is 82.2 Å². The monoisotopic (exact) mass is 575 g/mol. The number of nitrogens with two attached hydrogens (primary N) is 1. The van der Waals surface area contributed by atoms with E-state index in [9.17, 15) is 0 Å². The molecular formula is C44H33N. The molecule has 45 heavy (non-hydrogen) atoms. The number of aryl methyl sites for hydroxylation is 1. The Morgan fingerprint density at radius 1 is 0.467 bits per heavy atom. The number of fused-ring (bicyclic) bond motifs is 4. The van der Waals surface area contributed by atoms with E-state index >= 15 is 0 Å². The molecule has 0 aromatic heterocycles. The van der Waals surface area contributed by atoms with E-state index in [1.165, 1.54) is 76.5 Å². The van der Waals surface area contributed by atoms with E-state index in [0.29, 0.717) is 0 Å². The van der Waals surface area contributed by atoms with Crippen LogP contribution >= 0.6 is 0 Å². The lowest BCUT2D eigenvalue weighted by Crippen LogP contribution is -1.95. The molecule has 0 radical (unpaired) electrons. The number of allylic oxidation sites excluding steroid dienone is 1. The van der Waals surface area contributed by atoms with Gasteiger partial charge in [0, 0.05) is 5.70 Å². The van der Waals surface area contributed by atoms with Crippen LogP contribution in [0.1, 0.15) is 18.1 Å². The maximum atomic E-state index is 6.31. The summed E-state index contributed by atoms with van der Waals surface area (Å²) in [6.07, 6.45) is 1.96. The summed E-state index contributed by atoms with van der Waals surface area (Å²) in [6.45, 7) is 4.13. The lowest BCUT2D eigenvalue weighted by Gasteiger charge is -2.19. The molecule has 8 aromatic rings. The molecule has 0 saturated heterocycles. The first-order chi connectivity index (χ1) is 22.1. The van der Waals surface area contributed by atoms with E-state index in [1.807, 2.05) is 13.0 Å². The van der Waals surface area contributed by atoms with E-state index in [4.69, 9.17) is 5.73 Å². The maximum absolute atomic E-state index is 6.31. The van der Waals surface area contributed by atoms with Gasteiger partial charge in [-0.3, -0.25) is 0 Å². The normalized spacial score (nSPS) is 12.0. The Hall–Kier alpha value is -5.66. The average Bonchev–Trinajstić information content (AvgIpc) is 3.09. The summed E-state index contributed by atoms with van der Waals surface area (Å²) < 4.78 is 0. The summed E-state index contributed by atoms with van der Waals surface area (Å²) in [6, 6.07) is 53.4. The van der Waals surface area contributed by atoms with Gasteiger partial charge >= 0.3 is 0 Å². The van der Waals surface area contributed by atoms with E-state index in [2.05, 4.69) is 153 Å². The fourth-order valence-corrected chi connectivity index (χ4v) is 7.06. The zero-order valence-corrected chi connectivity index (χ0v) is 25.5. The highest BCUT2D eigenvalue weighted by molar-refractivity contribution is 6.24. The van der Waals surface area contributed by atoms with Gasteiger partial charge < -0.3 is 5.73 Å². The first kappa shape index (κ1) is 26.9. The quantitative estimate of drug-likeness (QED) is 0.208. The van der Waals surface area contributed by atoms with Crippen molar-refractivity contribution >= 4 is 48.8 Å². The van der Waals surface area contributed by atoms with E-state index in [0.717, 1.165) is 16.8 Å². The van der Waals surface area contributed by atoms with Crippen LogP contribution in [-0.2, 0) is 0 Å². The minimum absolute atomic E-state index is 0.789. The average molecular weight is 576 g/mol. The standard InChI is InChI=1S/C44H33N/c1-3-42(45)32-12-8-11-31(27-32)34-17-9-19-36-35(34)18-10-20-37(36)44-40-15-6-4-13-38(40)43(39-14-5-7-16-41(39)44)33-24-23-29-25-28(2)21-22-30(29)26-33/h3-27H,45H2,1-2H3/b42-3-. The van der Waals surface area contributed by atoms with Crippen LogP contribution in [0.2, 0.25) is 0 Å². The van der Waals surface area contributed by atoms with E-state index in [-0.39, 0.29) is 0 Å². The lowest BCUT2D eigenvalue weighted by atomic mass is 9.84. The summed E-state index contributed by atoms with van der Waals surface area (Å²) in [5.41, 5.74) is 16.8. The number of benzene rings is 8. The Bertz CT molecular complexity index is 2400. The molecule has 0 aliphatic rings. The van der Waals surface area contributed by atoms with Gasteiger partial charge in [-0.2, -0.15) is 0 Å². The minimum Gasteiger partial charge on any atom is -0.399 e. The van der Waals surface area contributed by atoms with Crippen molar-refractivity contribution < 1.29 is 0 Å². The Kier molecular flexibility index (Phi) is 6.47. The number of hydrogen-bond donors (Lipinski definition) is 1. The molecule has 214 valence electrons. The largest absolute Gasteiger partial charge is 0.399 e. The molecule has 0 bridgehead atoms. The molecule has 8 aromatic carbocycles. The molecule has 8 rings (SSSR count). The van der Waals surface area contributed by atoms with Gasteiger partial charge in [0.15, 0.2) is 0 Å². The smallest absolute Gasteiger partial charge is 0.0344 e. The van der Waals surface area contributed by atoms with Gasteiger partial charge in [0.1, 0.15) is 0 Å². The van der Waals surface area contributed by atoms with Gasteiger partial charge in [0.25, 0.3) is 0 Å². The minimum atomic E-state index is 0.789. The van der Waals surface area contributed by atoms with Crippen LogP contribution in [0.15, 0.2) is 152 Å². The van der Waals surface area contributed by atoms with Crippen molar-refractivity contribution in [2.24, 2.45) is 5.73 Å². The highest BCUT2D eigenvalue weighted by atomic mass is 14.6. The second-order valence-corrected chi connectivity index (χ2v) is 11.9. The van der Waals surface area contributed by atoms with Gasteiger partial charge in [-0.15, -0.1) is 0 Å². The van der Waals surface area contributed by atoms with E-state index < -0.39 is 0 Å². The highest BCUT2D eigenvalue weighted by Crippen LogP contribution is 2.46. The maximum Gasteiger partial charge on any atom is 0.0344 e. The summed E-state index contributed by atoms with van der Waals surface area (Å²) in [4.78, 5) is 0. The van der Waals surface area contributed by atoms with Crippen molar-refractivity contribution in [3.63, 3.8) is 0 Å². The zero-order chi connectivity index (χ0) is 30.5. The SMILES string of the molecule is C/C=C(\N)c1cccc(-c2cccc3c(-c4c5ccccc5c(-c5ccc6cc(C)ccc6c5)c5ccccc45)cccc23)c1. The molecular weight excluding hydrogens is 542 g/mol. The Morgan fingerprint density at radius 3 is 1.71 bits per heavy atom. The predicted molar refractivity (Wildman–Crippen MR) is 195 cm³/mol. The third-order valence-electron chi connectivity index (χ3n) is 9.23. The van der Waals surface area contributed by atoms with Crippen molar-refractivity contribution in [2.45, 2.75) is 13.8 Å². The van der Waals surface area contributed by atoms with Gasteiger partial charge in [0.2, 0.25) is 0 Å². The van der Waals surface area contributed by atoms with Crippen LogP contribution in [-0.4, -0.2) is 0 Å². The molecule has 0 spiro atoms. The van der Waals surface area contributed by atoms with Crippen LogP contribution < -0.4 is 5.73 Å². The van der Waals surface area contributed by atoms with Gasteiger partial charge in [-0.1, -0.05) is 145 Å². The van der Waals surface area contributed by atoms with Crippen LogP contribution in [0.5, 0.6) is 0 Å². The topological polar surface area (TPSA) is 26.0 Å². The number of rotatable bonds is 4. The predicted octanol–water partition coefficient (Wildman–Crippen LogP) is 11.9. The van der Waals surface area contributed by atoms with Crippen molar-refractivity contribution in [1.29, 1.82) is 0 Å². The van der Waals surface area contributed by atoms with Crippen molar-refractivity contribution in [1.82, 2.24) is 0 Å². The van der Waals surface area contributed by atoms with Crippen molar-refractivity contribution in [3.8, 4) is 33.4 Å². The Balaban J connectivity index is 1.42. The first-order valence-electron chi connectivity index (χ1n) is 15.6. The van der Waals surface area contributed by atoms with Crippen LogP contribution in [0.4, 0.5) is 0 Å². The molecule has 0 aliphatic heterocycles. The lowest BCUT2D eigenvalue weighted by molar-refractivity contribution is 1.49.